The quantitative estimate of drug-likeness (QED) is 0.179. The monoisotopic (exact) mass is 865 g/mol. The number of hydrogen-bond acceptors (Lipinski definition) is 4. The molecule has 323 valence electrons. The molecule has 9 aromatic rings. The molecule has 0 spiro atoms. The highest BCUT2D eigenvalue weighted by atomic mass is 32.1. The van der Waals surface area contributed by atoms with Gasteiger partial charge in [0.25, 0.3) is 0 Å². The zero-order chi connectivity index (χ0) is 44.9. The number of nitrogens with zero attached hydrogens (tertiary/aromatic N) is 1. The van der Waals surface area contributed by atoms with Crippen molar-refractivity contribution in [1.29, 1.82) is 0 Å². The third-order valence-electron chi connectivity index (χ3n) is 16.0. The molecule has 0 atom stereocenters. The Morgan fingerprint density at radius 3 is 1.94 bits per heavy atom. The topological polar surface area (TPSA) is 28.4 Å². The summed E-state index contributed by atoms with van der Waals surface area (Å²) in [6, 6.07) is 43.7. The van der Waals surface area contributed by atoms with Gasteiger partial charge in [-0.15, -0.1) is 11.3 Å². The van der Waals surface area contributed by atoms with Gasteiger partial charge in [-0.2, -0.15) is 0 Å². The lowest BCUT2D eigenvalue weighted by atomic mass is 9.60. The van der Waals surface area contributed by atoms with Crippen LogP contribution in [0.3, 0.4) is 0 Å². The number of hydrogen-bond donors (Lipinski definition) is 1. The first kappa shape index (κ1) is 40.7. The van der Waals surface area contributed by atoms with Crippen molar-refractivity contribution in [2.45, 2.75) is 117 Å². The molecule has 0 saturated carbocycles. The van der Waals surface area contributed by atoms with E-state index in [9.17, 15) is 0 Å². The average molecular weight is 866 g/mol. The fraction of sp³-hybridized carbons (Fsp3) is 0.300. The SMILES string of the molecule is Cc1cc(-c2c(Nc3cccc4sc5ccccc5c34)ccc3ccccc23)c2c(c1)N(c1cc3c(cc1C)C(C)(C)CCC3(C)C)c1c(oc3cc4c(cc13)C(C)(C)CCC4(C)C)[B]2. The second-order valence-electron chi connectivity index (χ2n) is 22.3. The molecule has 2 aromatic heterocycles. The van der Waals surface area contributed by atoms with Crippen LogP contribution in [0, 0.1) is 13.8 Å². The van der Waals surface area contributed by atoms with Crippen LogP contribution in [0.4, 0.5) is 28.4 Å². The van der Waals surface area contributed by atoms with E-state index in [1.807, 2.05) is 11.3 Å². The summed E-state index contributed by atoms with van der Waals surface area (Å²) in [6.07, 6.45) is 4.66. The van der Waals surface area contributed by atoms with Gasteiger partial charge in [0.15, 0.2) is 0 Å². The molecule has 1 aliphatic heterocycles. The van der Waals surface area contributed by atoms with E-state index in [4.69, 9.17) is 4.42 Å². The molecular weight excluding hydrogens is 808 g/mol. The maximum Gasteiger partial charge on any atom is 0.247 e. The fourth-order valence-electron chi connectivity index (χ4n) is 12.0. The molecule has 7 aromatic carbocycles. The Hall–Kier alpha value is -5.78. The van der Waals surface area contributed by atoms with Crippen molar-refractivity contribution in [3.05, 3.63) is 149 Å². The molecule has 0 unspecified atom stereocenters. The van der Waals surface area contributed by atoms with Crippen LogP contribution in [0.2, 0.25) is 0 Å². The number of anilines is 5. The van der Waals surface area contributed by atoms with E-state index in [0.717, 1.165) is 47.6 Å². The minimum atomic E-state index is 0.0476. The van der Waals surface area contributed by atoms with Crippen LogP contribution in [0.1, 0.15) is 114 Å². The van der Waals surface area contributed by atoms with E-state index < -0.39 is 0 Å². The molecule has 1 radical (unpaired) electrons. The molecule has 1 N–H and O–H groups in total. The third kappa shape index (κ3) is 6.13. The van der Waals surface area contributed by atoms with Gasteiger partial charge in [-0.3, -0.25) is 0 Å². The highest BCUT2D eigenvalue weighted by Gasteiger charge is 2.42. The summed E-state index contributed by atoms with van der Waals surface area (Å²) in [5, 5.41) is 10.2. The first-order valence-corrected chi connectivity index (χ1v) is 24.6. The molecule has 3 aliphatic rings. The standard InChI is InChI=1S/C60H58BN2OS/c1-34-28-40(52-37-17-12-11-16-36(37)22-23-46(52)62-45-19-15-21-51-53(45)38-18-13-14-20-50(38)65-51)54-48(29-34)63(47-32-43-41(30-35(47)2)57(3,4)24-26-59(43,7)8)55-39-31-42-44(33-49(39)64-56(55)61-54)60(9,10)27-25-58(42,5)6/h11-23,28-33,62H,24-27H2,1-10H3. The van der Waals surface area contributed by atoms with E-state index in [2.05, 4.69) is 202 Å². The maximum absolute atomic E-state index is 7.26. The Morgan fingerprint density at radius 2 is 1.20 bits per heavy atom. The molecule has 3 heterocycles. The number of furan rings is 1. The van der Waals surface area contributed by atoms with Crippen LogP contribution < -0.4 is 21.3 Å². The molecule has 12 rings (SSSR count). The van der Waals surface area contributed by atoms with Crippen LogP contribution >= 0.6 is 11.3 Å². The molecule has 0 saturated heterocycles. The zero-order valence-corrected chi connectivity index (χ0v) is 40.5. The molecule has 3 nitrogen and oxygen atoms in total. The molecule has 5 heteroatoms. The van der Waals surface area contributed by atoms with Crippen molar-refractivity contribution in [3.63, 3.8) is 0 Å². The molecule has 0 amide bonds. The van der Waals surface area contributed by atoms with E-state index >= 15 is 0 Å². The van der Waals surface area contributed by atoms with Gasteiger partial charge in [-0.1, -0.05) is 122 Å². The second-order valence-corrected chi connectivity index (χ2v) is 23.3. The number of rotatable bonds is 4. The van der Waals surface area contributed by atoms with Crippen LogP contribution in [0.15, 0.2) is 120 Å². The Kier molecular flexibility index (Phi) is 8.69. The minimum absolute atomic E-state index is 0.0476. The summed E-state index contributed by atoms with van der Waals surface area (Å²) in [6.45, 7) is 24.1. The van der Waals surface area contributed by atoms with Gasteiger partial charge in [-0.25, -0.2) is 0 Å². The summed E-state index contributed by atoms with van der Waals surface area (Å²) in [5.74, 6) is 0. The second kappa shape index (κ2) is 13.9. The summed E-state index contributed by atoms with van der Waals surface area (Å²) in [5.41, 5.74) is 19.8. The number of thiophene rings is 1. The van der Waals surface area contributed by atoms with Gasteiger partial charge in [0.05, 0.1) is 11.3 Å². The summed E-state index contributed by atoms with van der Waals surface area (Å²) < 4.78 is 9.84. The average Bonchev–Trinajstić information content (AvgIpc) is 3.84. The summed E-state index contributed by atoms with van der Waals surface area (Å²) >= 11 is 1.86. The zero-order valence-electron chi connectivity index (χ0n) is 39.6. The molecule has 2 aliphatic carbocycles. The number of benzene rings is 7. The molecule has 0 fully saturated rings. The van der Waals surface area contributed by atoms with Gasteiger partial charge >= 0.3 is 0 Å². The van der Waals surface area contributed by atoms with Crippen LogP contribution in [0.25, 0.3) is 53.0 Å². The number of aryl methyl sites for hydroxylation is 2. The summed E-state index contributed by atoms with van der Waals surface area (Å²) in [7, 11) is 2.37. The molecular formula is C60H58BN2OS. The van der Waals surface area contributed by atoms with Crippen LogP contribution in [0.5, 0.6) is 0 Å². The number of fused-ring (bicyclic) bond motifs is 10. The van der Waals surface area contributed by atoms with E-state index in [-0.39, 0.29) is 21.7 Å². The lowest BCUT2D eigenvalue weighted by Gasteiger charge is -2.43. The van der Waals surface area contributed by atoms with E-state index in [1.165, 1.54) is 104 Å². The van der Waals surface area contributed by atoms with Crippen molar-refractivity contribution >= 4 is 100 Å². The first-order valence-electron chi connectivity index (χ1n) is 23.8. The van der Waals surface area contributed by atoms with Crippen molar-refractivity contribution in [3.8, 4) is 11.1 Å². The third-order valence-corrected chi connectivity index (χ3v) is 17.1. The van der Waals surface area contributed by atoms with Crippen LogP contribution in [-0.2, 0) is 21.7 Å². The summed E-state index contributed by atoms with van der Waals surface area (Å²) in [4.78, 5) is 2.60. The van der Waals surface area contributed by atoms with Crippen molar-refractivity contribution in [2.75, 3.05) is 10.2 Å². The number of nitrogens with one attached hydrogen (secondary N) is 1. The van der Waals surface area contributed by atoms with Gasteiger partial charge in [0.2, 0.25) is 7.28 Å². The minimum Gasteiger partial charge on any atom is -0.469 e. The first-order chi connectivity index (χ1) is 31.0. The Balaban J connectivity index is 1.14. The lowest BCUT2D eigenvalue weighted by molar-refractivity contribution is 0.332. The van der Waals surface area contributed by atoms with Gasteiger partial charge in [0, 0.05) is 53.9 Å². The predicted molar refractivity (Wildman–Crippen MR) is 282 cm³/mol. The fourth-order valence-corrected chi connectivity index (χ4v) is 13.1. The normalized spacial score (nSPS) is 17.7. The maximum atomic E-state index is 7.26. The lowest BCUT2D eigenvalue weighted by Crippen LogP contribution is -2.40. The largest absolute Gasteiger partial charge is 0.469 e. The Morgan fingerprint density at radius 1 is 0.569 bits per heavy atom. The Bertz CT molecular complexity index is 3490. The smallest absolute Gasteiger partial charge is 0.247 e. The van der Waals surface area contributed by atoms with Gasteiger partial charge in [0.1, 0.15) is 5.58 Å². The van der Waals surface area contributed by atoms with Gasteiger partial charge < -0.3 is 14.6 Å². The van der Waals surface area contributed by atoms with Gasteiger partial charge in [-0.05, 0) is 165 Å². The highest BCUT2D eigenvalue weighted by molar-refractivity contribution is 7.26. The van der Waals surface area contributed by atoms with Crippen LogP contribution in [-0.4, -0.2) is 7.28 Å². The molecule has 0 bridgehead atoms. The van der Waals surface area contributed by atoms with E-state index in [1.54, 1.807) is 0 Å². The van der Waals surface area contributed by atoms with Crippen molar-refractivity contribution in [2.24, 2.45) is 0 Å². The van der Waals surface area contributed by atoms with E-state index in [0.29, 0.717) is 0 Å². The predicted octanol–water partition coefficient (Wildman–Crippen LogP) is 16.1. The molecule has 65 heavy (non-hydrogen) atoms. The van der Waals surface area contributed by atoms with Crippen molar-refractivity contribution in [1.82, 2.24) is 0 Å². The Labute approximate surface area is 389 Å². The van der Waals surface area contributed by atoms with Crippen molar-refractivity contribution < 1.29 is 4.42 Å². The highest BCUT2D eigenvalue weighted by Crippen LogP contribution is 2.53.